The van der Waals surface area contributed by atoms with E-state index in [9.17, 15) is 4.79 Å². The second kappa shape index (κ2) is 15.6. The van der Waals surface area contributed by atoms with Crippen molar-refractivity contribution in [1.82, 2.24) is 4.90 Å². The molecule has 4 aromatic carbocycles. The van der Waals surface area contributed by atoms with Gasteiger partial charge in [-0.3, -0.25) is 4.79 Å². The Kier molecular flexibility index (Phi) is 10.6. The molecule has 2 aliphatic rings. The van der Waals surface area contributed by atoms with E-state index in [4.69, 9.17) is 14.2 Å². The molecular weight excluding hydrogens is 627 g/mol. The molecule has 1 aliphatic heterocycles. The highest BCUT2D eigenvalue weighted by Gasteiger charge is 2.28. The van der Waals surface area contributed by atoms with Crippen LogP contribution in [-0.2, 0) is 6.61 Å². The van der Waals surface area contributed by atoms with Crippen LogP contribution in [0.1, 0.15) is 86.7 Å². The van der Waals surface area contributed by atoms with Crippen molar-refractivity contribution >= 4 is 27.2 Å². The van der Waals surface area contributed by atoms with Crippen LogP contribution < -0.4 is 14.2 Å². The molecule has 1 aliphatic carbocycles. The lowest BCUT2D eigenvalue weighted by Gasteiger charge is -2.37. The summed E-state index contributed by atoms with van der Waals surface area (Å²) >= 11 is 1.62. The lowest BCUT2D eigenvalue weighted by Crippen LogP contribution is -2.42. The van der Waals surface area contributed by atoms with E-state index in [2.05, 4.69) is 23.1 Å². The molecule has 2 atom stereocenters. The van der Waals surface area contributed by atoms with E-state index in [1.165, 1.54) is 51.6 Å². The normalized spacial score (nSPS) is 18.7. The first-order chi connectivity index (χ1) is 24.0. The minimum absolute atomic E-state index is 0.00662. The lowest BCUT2D eigenvalue weighted by molar-refractivity contribution is 0.0780. The Morgan fingerprint density at radius 3 is 2.24 bits per heavy atom. The molecule has 2 fully saturated rings. The van der Waals surface area contributed by atoms with Gasteiger partial charge in [0.05, 0.1) is 6.10 Å². The van der Waals surface area contributed by atoms with Crippen LogP contribution in [0, 0.1) is 0 Å². The number of rotatable bonds is 11. The monoisotopic (exact) mass is 673 g/mol. The molecule has 2 heterocycles. The topological polar surface area (TPSA) is 48.0 Å². The highest BCUT2D eigenvalue weighted by atomic mass is 32.1. The smallest absolute Gasteiger partial charge is 0.195 e. The number of likely N-dealkylation sites (tertiary alicyclic amines) is 1. The van der Waals surface area contributed by atoms with Gasteiger partial charge in [0, 0.05) is 32.1 Å². The summed E-state index contributed by atoms with van der Waals surface area (Å²) in [6.45, 7) is 6.98. The van der Waals surface area contributed by atoms with Crippen LogP contribution in [0.4, 0.5) is 0 Å². The van der Waals surface area contributed by atoms with E-state index in [-0.39, 0.29) is 18.0 Å². The minimum atomic E-state index is 0.00662. The second-order valence-electron chi connectivity index (χ2n) is 13.8. The fraction of sp³-hybridized carbons (Fsp3) is 0.372. The van der Waals surface area contributed by atoms with E-state index in [0.717, 1.165) is 56.2 Å². The van der Waals surface area contributed by atoms with Gasteiger partial charge >= 0.3 is 0 Å². The summed E-state index contributed by atoms with van der Waals surface area (Å²) < 4.78 is 19.6. The van der Waals surface area contributed by atoms with Crippen LogP contribution >= 0.6 is 11.3 Å². The largest absolute Gasteiger partial charge is 0.491 e. The fourth-order valence-corrected chi connectivity index (χ4v) is 8.57. The van der Waals surface area contributed by atoms with Gasteiger partial charge in [-0.25, -0.2) is 0 Å². The SMILES string of the molecule is CC(C)Oc1ccc(-c2sc3cc(OCc4ccccc4)ccc3c2C(=O)c2ccc(OC3CCCC(N4CCCCCC4)C3)cc2)cc1. The summed E-state index contributed by atoms with van der Waals surface area (Å²) in [7, 11) is 0. The quantitative estimate of drug-likeness (QED) is 0.131. The highest BCUT2D eigenvalue weighted by Crippen LogP contribution is 2.42. The molecule has 0 radical (unpaired) electrons. The average Bonchev–Trinajstić information content (AvgIpc) is 3.28. The maximum absolute atomic E-state index is 14.4. The molecule has 5 aromatic rings. The molecular formula is C43H47NO4S. The number of carbonyl (C=O) groups is 1. The molecule has 0 amide bonds. The van der Waals surface area contributed by atoms with Crippen molar-refractivity contribution in [2.45, 2.75) is 90.1 Å². The van der Waals surface area contributed by atoms with Crippen LogP contribution in [0.15, 0.2) is 97.1 Å². The summed E-state index contributed by atoms with van der Waals surface area (Å²) in [5.41, 5.74) is 3.47. The summed E-state index contributed by atoms with van der Waals surface area (Å²) in [6, 6.07) is 32.7. The molecule has 5 nitrogen and oxygen atoms in total. The van der Waals surface area contributed by atoms with E-state index >= 15 is 0 Å². The Hall–Kier alpha value is -4.13. The van der Waals surface area contributed by atoms with Crippen molar-refractivity contribution in [2.75, 3.05) is 13.1 Å². The predicted molar refractivity (Wildman–Crippen MR) is 200 cm³/mol. The third kappa shape index (κ3) is 8.20. The third-order valence-electron chi connectivity index (χ3n) is 9.80. The fourth-order valence-electron chi connectivity index (χ4n) is 7.33. The minimum Gasteiger partial charge on any atom is -0.491 e. The van der Waals surface area contributed by atoms with E-state index in [1.807, 2.05) is 92.7 Å². The molecule has 6 heteroatoms. The number of benzene rings is 4. The molecule has 0 bridgehead atoms. The van der Waals surface area contributed by atoms with Gasteiger partial charge in [0.15, 0.2) is 5.78 Å². The lowest BCUT2D eigenvalue weighted by atomic mass is 9.91. The molecule has 2 unspecified atom stereocenters. The first-order valence-electron chi connectivity index (χ1n) is 18.1. The molecule has 0 spiro atoms. The highest BCUT2D eigenvalue weighted by molar-refractivity contribution is 7.22. The first-order valence-corrected chi connectivity index (χ1v) is 18.9. The van der Waals surface area contributed by atoms with Crippen LogP contribution in [0.5, 0.6) is 17.2 Å². The number of hydrogen-bond donors (Lipinski definition) is 0. The van der Waals surface area contributed by atoms with Gasteiger partial charge in [-0.15, -0.1) is 11.3 Å². The van der Waals surface area contributed by atoms with Gasteiger partial charge < -0.3 is 19.1 Å². The van der Waals surface area contributed by atoms with Crippen LogP contribution in [0.25, 0.3) is 20.5 Å². The van der Waals surface area contributed by atoms with Crippen LogP contribution in [0.2, 0.25) is 0 Å². The summed E-state index contributed by atoms with van der Waals surface area (Å²) in [5, 5.41) is 0.932. The Balaban J connectivity index is 1.12. The van der Waals surface area contributed by atoms with E-state index < -0.39 is 0 Å². The van der Waals surface area contributed by atoms with Crippen molar-refractivity contribution in [3.8, 4) is 27.7 Å². The molecule has 1 aromatic heterocycles. The predicted octanol–water partition coefficient (Wildman–Crippen LogP) is 10.7. The average molecular weight is 674 g/mol. The summed E-state index contributed by atoms with van der Waals surface area (Å²) in [4.78, 5) is 18.0. The van der Waals surface area contributed by atoms with Gasteiger partial charge in [-0.2, -0.15) is 0 Å². The van der Waals surface area contributed by atoms with Crippen molar-refractivity contribution in [2.24, 2.45) is 0 Å². The number of carbonyl (C=O) groups excluding carboxylic acids is 1. The number of ketones is 1. The molecule has 1 saturated heterocycles. The molecule has 1 saturated carbocycles. The maximum Gasteiger partial charge on any atom is 0.195 e. The number of nitrogens with zero attached hydrogens (tertiary/aromatic N) is 1. The van der Waals surface area contributed by atoms with Crippen molar-refractivity contribution < 1.29 is 19.0 Å². The Morgan fingerprint density at radius 2 is 1.51 bits per heavy atom. The van der Waals surface area contributed by atoms with Crippen molar-refractivity contribution in [1.29, 1.82) is 0 Å². The zero-order chi connectivity index (χ0) is 33.6. The van der Waals surface area contributed by atoms with Crippen LogP contribution in [0.3, 0.4) is 0 Å². The van der Waals surface area contributed by atoms with E-state index in [1.54, 1.807) is 11.3 Å². The van der Waals surface area contributed by atoms with Crippen molar-refractivity contribution in [3.05, 3.63) is 114 Å². The standard InChI is InChI=1S/C43H47NO4S/c1-30(2)47-35-21-17-33(18-22-35)43-41(39-24-23-37(28-40(39)49-43)46-29-31-11-6-5-7-12-31)42(45)32-15-19-36(20-16-32)48-38-14-10-13-34(27-38)44-25-8-3-4-9-26-44/h5-7,11-12,15-24,28,30,34,38H,3-4,8-10,13-14,25-27,29H2,1-2H3. The van der Waals surface area contributed by atoms with Gasteiger partial charge in [0.1, 0.15) is 30.0 Å². The first kappa shape index (κ1) is 33.4. The summed E-state index contributed by atoms with van der Waals surface area (Å²) in [6.07, 6.45) is 10.3. The zero-order valence-corrected chi connectivity index (χ0v) is 29.6. The van der Waals surface area contributed by atoms with Crippen LogP contribution in [-0.4, -0.2) is 42.0 Å². The zero-order valence-electron chi connectivity index (χ0n) is 28.7. The number of hydrogen-bond acceptors (Lipinski definition) is 6. The Morgan fingerprint density at radius 1 is 0.796 bits per heavy atom. The number of thiophene rings is 1. The summed E-state index contributed by atoms with van der Waals surface area (Å²) in [5.74, 6) is 2.45. The van der Waals surface area contributed by atoms with Gasteiger partial charge in [0.2, 0.25) is 0 Å². The van der Waals surface area contributed by atoms with Crippen molar-refractivity contribution in [3.63, 3.8) is 0 Å². The molecule has 49 heavy (non-hydrogen) atoms. The number of ether oxygens (including phenoxy) is 3. The second-order valence-corrected chi connectivity index (χ2v) is 14.8. The van der Waals surface area contributed by atoms with Gasteiger partial charge in [0.25, 0.3) is 0 Å². The van der Waals surface area contributed by atoms with Gasteiger partial charge in [-0.1, -0.05) is 43.2 Å². The maximum atomic E-state index is 14.4. The molecule has 7 rings (SSSR count). The molecule has 254 valence electrons. The van der Waals surface area contributed by atoms with Gasteiger partial charge in [-0.05, 0) is 143 Å². The third-order valence-corrected chi connectivity index (χ3v) is 11.0. The Bertz CT molecular complexity index is 1820. The molecule has 0 N–H and O–H groups in total. The number of fused-ring (bicyclic) bond motifs is 1. The Labute approximate surface area is 294 Å². The van der Waals surface area contributed by atoms with E-state index in [0.29, 0.717) is 23.8 Å².